The van der Waals surface area contributed by atoms with Gasteiger partial charge < -0.3 is 10.3 Å². The monoisotopic (exact) mass is 310 g/mol. The maximum absolute atomic E-state index is 12.8. The number of hydrogen-bond donors (Lipinski definition) is 2. The predicted molar refractivity (Wildman–Crippen MR) is 89.0 cm³/mol. The molecule has 1 heterocycles. The van der Waals surface area contributed by atoms with Crippen LogP contribution in [-0.2, 0) is 4.79 Å². The zero-order valence-corrected chi connectivity index (χ0v) is 13.2. The minimum Gasteiger partial charge on any atom is -0.349 e. The number of H-pyrrole nitrogens is 1. The maximum atomic E-state index is 12.8. The smallest absolute Gasteiger partial charge is 0.154 e. The van der Waals surface area contributed by atoms with Gasteiger partial charge in [-0.1, -0.05) is 44.3 Å². The molecule has 0 saturated heterocycles. The van der Waals surface area contributed by atoms with E-state index in [1.54, 1.807) is 12.5 Å². The molecule has 2 aliphatic rings. The third-order valence-corrected chi connectivity index (χ3v) is 5.30. The topological polar surface area (TPSA) is 57.8 Å². The fourth-order valence-corrected chi connectivity index (χ4v) is 4.24. The number of benzene rings is 1. The molecule has 22 heavy (non-hydrogen) atoms. The maximum Gasteiger partial charge on any atom is 0.154 e. The van der Waals surface area contributed by atoms with E-state index in [4.69, 9.17) is 12.2 Å². The number of para-hydroxylation sites is 1. The molecule has 2 aromatic rings. The van der Waals surface area contributed by atoms with E-state index >= 15 is 0 Å². The first kappa shape index (κ1) is 13.6. The number of aromatic nitrogens is 2. The SMILES string of the molecule is CC1(C)C2C(=O)[C](c3ccccc3Nc3c[nH]cn3)C(=S)C21. The highest BCUT2D eigenvalue weighted by molar-refractivity contribution is 7.81. The first-order chi connectivity index (χ1) is 10.5. The summed E-state index contributed by atoms with van der Waals surface area (Å²) in [6.45, 7) is 4.24. The largest absolute Gasteiger partial charge is 0.349 e. The van der Waals surface area contributed by atoms with E-state index in [1.807, 2.05) is 24.3 Å². The zero-order chi connectivity index (χ0) is 15.5. The Morgan fingerprint density at radius 2 is 2.05 bits per heavy atom. The Morgan fingerprint density at radius 1 is 1.27 bits per heavy atom. The van der Waals surface area contributed by atoms with Gasteiger partial charge in [0.25, 0.3) is 0 Å². The van der Waals surface area contributed by atoms with E-state index in [0.717, 1.165) is 21.9 Å². The number of Topliss-reactive ketones (excluding diaryl/α,β-unsaturated/α-hetero) is 1. The molecule has 2 saturated carbocycles. The van der Waals surface area contributed by atoms with Crippen LogP contribution < -0.4 is 5.32 Å². The Morgan fingerprint density at radius 3 is 2.68 bits per heavy atom. The summed E-state index contributed by atoms with van der Waals surface area (Å²) in [5.41, 5.74) is 1.77. The van der Waals surface area contributed by atoms with Crippen molar-refractivity contribution in [3.8, 4) is 0 Å². The number of thiocarbonyl (C=S) groups is 1. The van der Waals surface area contributed by atoms with Crippen LogP contribution in [0.25, 0.3) is 0 Å². The third-order valence-electron chi connectivity index (χ3n) is 4.84. The van der Waals surface area contributed by atoms with Crippen molar-refractivity contribution in [3.63, 3.8) is 0 Å². The average Bonchev–Trinajstić information content (AvgIpc) is 2.83. The van der Waals surface area contributed by atoms with Crippen molar-refractivity contribution < 1.29 is 4.79 Å². The fraction of sp³-hybridized carbons (Fsp3) is 0.294. The number of carbonyl (C=O) groups excluding carboxylic acids is 1. The second-order valence-electron chi connectivity index (χ2n) is 6.51. The van der Waals surface area contributed by atoms with Crippen LogP contribution in [0.3, 0.4) is 0 Å². The van der Waals surface area contributed by atoms with E-state index in [-0.39, 0.29) is 23.0 Å². The molecule has 1 radical (unpaired) electrons. The normalized spacial score (nSPS) is 26.1. The molecule has 0 aliphatic heterocycles. The minimum atomic E-state index is 0.0300. The van der Waals surface area contributed by atoms with Gasteiger partial charge in [0.2, 0.25) is 0 Å². The van der Waals surface area contributed by atoms with E-state index in [0.29, 0.717) is 5.92 Å². The fourth-order valence-electron chi connectivity index (χ4n) is 3.59. The molecule has 2 atom stereocenters. The standard InChI is InChI=1S/C17H16N3OS/c1-17(2)13-14(17)16(22)12(15(13)21)9-5-3-4-6-10(9)20-11-7-18-8-19-11/h3-8,13-14,20H,1-2H3,(H,18,19). The Labute approximate surface area is 134 Å². The molecule has 2 aliphatic carbocycles. The minimum absolute atomic E-state index is 0.0300. The molecule has 0 bridgehead atoms. The van der Waals surface area contributed by atoms with Crippen LogP contribution in [0.5, 0.6) is 0 Å². The lowest BCUT2D eigenvalue weighted by molar-refractivity contribution is -0.117. The number of carbonyl (C=O) groups is 1. The molecule has 2 fully saturated rings. The highest BCUT2D eigenvalue weighted by Crippen LogP contribution is 2.66. The summed E-state index contributed by atoms with van der Waals surface area (Å²) in [5.74, 6) is 1.91. The highest BCUT2D eigenvalue weighted by atomic mass is 32.1. The van der Waals surface area contributed by atoms with Crippen molar-refractivity contribution in [1.82, 2.24) is 9.97 Å². The first-order valence-electron chi connectivity index (χ1n) is 7.32. The summed E-state index contributed by atoms with van der Waals surface area (Å²) in [6, 6.07) is 7.77. The first-order valence-corrected chi connectivity index (χ1v) is 7.73. The summed E-state index contributed by atoms with van der Waals surface area (Å²) in [7, 11) is 0. The molecule has 111 valence electrons. The molecule has 4 rings (SSSR count). The second-order valence-corrected chi connectivity index (χ2v) is 6.95. The summed E-state index contributed by atoms with van der Waals surface area (Å²) >= 11 is 5.61. The second kappa shape index (κ2) is 4.49. The molecule has 2 N–H and O–H groups in total. The van der Waals surface area contributed by atoms with Gasteiger partial charge in [-0.3, -0.25) is 4.79 Å². The van der Waals surface area contributed by atoms with Crippen molar-refractivity contribution in [1.29, 1.82) is 0 Å². The summed E-state index contributed by atoms with van der Waals surface area (Å²) in [5, 5.41) is 3.25. The lowest BCUT2D eigenvalue weighted by atomic mass is 9.86. The van der Waals surface area contributed by atoms with Crippen LogP contribution >= 0.6 is 12.2 Å². The predicted octanol–water partition coefficient (Wildman–Crippen LogP) is 3.30. The number of nitrogens with one attached hydrogen (secondary N) is 2. The van der Waals surface area contributed by atoms with E-state index in [9.17, 15) is 4.79 Å². The number of aromatic amines is 1. The number of hydrogen-bond acceptors (Lipinski definition) is 4. The summed E-state index contributed by atoms with van der Waals surface area (Å²) in [4.78, 5) is 20.6. The van der Waals surface area contributed by atoms with Crippen molar-refractivity contribution in [2.45, 2.75) is 13.8 Å². The lowest BCUT2D eigenvalue weighted by Gasteiger charge is -2.19. The Hall–Kier alpha value is -2.01. The Kier molecular flexibility index (Phi) is 2.78. The van der Waals surface area contributed by atoms with E-state index in [2.05, 4.69) is 29.1 Å². The Bertz CT molecular complexity index is 742. The summed E-state index contributed by atoms with van der Waals surface area (Å²) in [6.07, 6.45) is 3.39. The lowest BCUT2D eigenvalue weighted by Crippen LogP contribution is -2.23. The average molecular weight is 310 g/mol. The van der Waals surface area contributed by atoms with E-state index in [1.165, 1.54) is 0 Å². The molecular weight excluding hydrogens is 294 g/mol. The summed E-state index contributed by atoms with van der Waals surface area (Å²) < 4.78 is 0. The van der Waals surface area contributed by atoms with Gasteiger partial charge in [-0.2, -0.15) is 0 Å². The van der Waals surface area contributed by atoms with Crippen molar-refractivity contribution in [2.24, 2.45) is 17.3 Å². The zero-order valence-electron chi connectivity index (χ0n) is 12.4. The number of imidazole rings is 1. The molecule has 1 aromatic heterocycles. The molecule has 4 nitrogen and oxygen atoms in total. The number of rotatable bonds is 3. The van der Waals surface area contributed by atoms with Crippen LogP contribution in [0.1, 0.15) is 19.4 Å². The van der Waals surface area contributed by atoms with Gasteiger partial charge in [0.1, 0.15) is 11.7 Å². The quantitative estimate of drug-likeness (QED) is 0.854. The number of anilines is 2. The van der Waals surface area contributed by atoms with Gasteiger partial charge in [0.15, 0.2) is 5.78 Å². The van der Waals surface area contributed by atoms with Gasteiger partial charge in [-0.05, 0) is 17.0 Å². The van der Waals surface area contributed by atoms with Gasteiger partial charge >= 0.3 is 0 Å². The van der Waals surface area contributed by atoms with Crippen LogP contribution in [0, 0.1) is 23.2 Å². The van der Waals surface area contributed by atoms with E-state index < -0.39 is 0 Å². The molecule has 1 aromatic carbocycles. The molecular formula is C17H16N3OS. The molecule has 0 amide bonds. The van der Waals surface area contributed by atoms with Gasteiger partial charge in [0, 0.05) is 28.6 Å². The van der Waals surface area contributed by atoms with Crippen molar-refractivity contribution in [2.75, 3.05) is 5.32 Å². The van der Waals surface area contributed by atoms with Crippen LogP contribution in [0.2, 0.25) is 0 Å². The van der Waals surface area contributed by atoms with Crippen molar-refractivity contribution >= 4 is 34.4 Å². The number of ketones is 1. The molecule has 0 spiro atoms. The third kappa shape index (κ3) is 1.78. The van der Waals surface area contributed by atoms with Gasteiger partial charge in [-0.25, -0.2) is 4.98 Å². The number of nitrogens with zero attached hydrogens (tertiary/aromatic N) is 1. The van der Waals surface area contributed by atoms with Gasteiger partial charge in [-0.15, -0.1) is 0 Å². The molecule has 5 heteroatoms. The Balaban J connectivity index is 1.70. The number of fused-ring (bicyclic) bond motifs is 1. The van der Waals surface area contributed by atoms with Crippen LogP contribution in [0.15, 0.2) is 36.8 Å². The molecule has 2 unspecified atom stereocenters. The van der Waals surface area contributed by atoms with Crippen molar-refractivity contribution in [3.05, 3.63) is 48.3 Å². The van der Waals surface area contributed by atoms with Crippen LogP contribution in [-0.4, -0.2) is 20.6 Å². The van der Waals surface area contributed by atoms with Crippen LogP contribution in [0.4, 0.5) is 11.5 Å². The highest BCUT2D eigenvalue weighted by Gasteiger charge is 2.70. The van der Waals surface area contributed by atoms with Gasteiger partial charge in [0.05, 0.1) is 6.33 Å².